The minimum absolute atomic E-state index is 0.0271. The first-order chi connectivity index (χ1) is 8.01. The van der Waals surface area contributed by atoms with Gasteiger partial charge in [-0.2, -0.15) is 0 Å². The van der Waals surface area contributed by atoms with Crippen molar-refractivity contribution >= 4 is 5.97 Å². The van der Waals surface area contributed by atoms with Gasteiger partial charge in [0.25, 0.3) is 0 Å². The van der Waals surface area contributed by atoms with E-state index in [1.165, 1.54) is 11.1 Å². The number of ether oxygens (including phenoxy) is 1. The van der Waals surface area contributed by atoms with Crippen LogP contribution in [-0.2, 0) is 9.53 Å². The van der Waals surface area contributed by atoms with Gasteiger partial charge in [0, 0.05) is 5.57 Å². The zero-order chi connectivity index (χ0) is 12.2. The van der Waals surface area contributed by atoms with E-state index in [2.05, 4.69) is 32.1 Å². The van der Waals surface area contributed by atoms with Gasteiger partial charge >= 0.3 is 5.97 Å². The first-order valence-electron chi connectivity index (χ1n) is 6.28. The lowest BCUT2D eigenvalue weighted by Gasteiger charge is -2.44. The van der Waals surface area contributed by atoms with E-state index in [-0.39, 0.29) is 17.5 Å². The summed E-state index contributed by atoms with van der Waals surface area (Å²) in [5, 5.41) is 0. The molecule has 3 aliphatic rings. The number of allylic oxidation sites excluding steroid dienone is 4. The zero-order valence-electron chi connectivity index (χ0n) is 10.6. The molecule has 17 heavy (non-hydrogen) atoms. The summed E-state index contributed by atoms with van der Waals surface area (Å²) in [7, 11) is 0. The van der Waals surface area contributed by atoms with Gasteiger partial charge in [0.15, 0.2) is 0 Å². The molecule has 1 heterocycles. The molecule has 90 valence electrons. The van der Waals surface area contributed by atoms with Gasteiger partial charge in [0.1, 0.15) is 6.10 Å². The maximum Gasteiger partial charge on any atom is 0.334 e. The average Bonchev–Trinajstić information content (AvgIpc) is 2.52. The van der Waals surface area contributed by atoms with Gasteiger partial charge in [-0.25, -0.2) is 4.79 Å². The van der Waals surface area contributed by atoms with Crippen molar-refractivity contribution in [2.24, 2.45) is 11.3 Å². The summed E-state index contributed by atoms with van der Waals surface area (Å²) in [5.74, 6) is 0.418. The highest BCUT2D eigenvalue weighted by atomic mass is 16.5. The molecule has 3 rings (SSSR count). The van der Waals surface area contributed by atoms with Crippen LogP contribution < -0.4 is 0 Å². The van der Waals surface area contributed by atoms with Crippen LogP contribution in [0, 0.1) is 11.3 Å². The summed E-state index contributed by atoms with van der Waals surface area (Å²) < 4.78 is 5.46. The van der Waals surface area contributed by atoms with Crippen LogP contribution in [0.3, 0.4) is 0 Å². The van der Waals surface area contributed by atoms with Crippen molar-refractivity contribution in [3.8, 4) is 0 Å². The van der Waals surface area contributed by atoms with Gasteiger partial charge in [-0.3, -0.25) is 0 Å². The van der Waals surface area contributed by atoms with Crippen molar-refractivity contribution in [2.75, 3.05) is 0 Å². The summed E-state index contributed by atoms with van der Waals surface area (Å²) in [4.78, 5) is 11.6. The van der Waals surface area contributed by atoms with Gasteiger partial charge in [-0.05, 0) is 43.6 Å². The molecule has 0 radical (unpaired) electrons. The second-order valence-electron chi connectivity index (χ2n) is 5.78. The molecule has 0 bridgehead atoms. The van der Waals surface area contributed by atoms with Crippen LogP contribution in [0.1, 0.15) is 33.6 Å². The van der Waals surface area contributed by atoms with Crippen molar-refractivity contribution in [3.63, 3.8) is 0 Å². The Kier molecular flexibility index (Phi) is 2.13. The number of hydrogen-bond donors (Lipinski definition) is 0. The Morgan fingerprint density at radius 1 is 1.41 bits per heavy atom. The maximum absolute atomic E-state index is 11.6. The van der Waals surface area contributed by atoms with E-state index in [4.69, 9.17) is 4.74 Å². The summed E-state index contributed by atoms with van der Waals surface area (Å²) in [6.45, 7) is 6.38. The van der Waals surface area contributed by atoms with Crippen LogP contribution in [0.4, 0.5) is 0 Å². The second-order valence-corrected chi connectivity index (χ2v) is 5.78. The predicted octanol–water partition coefficient (Wildman–Crippen LogP) is 3.16. The summed E-state index contributed by atoms with van der Waals surface area (Å²) >= 11 is 0. The number of esters is 1. The number of carbonyl (C=O) groups excluding carboxylic acids is 1. The highest BCUT2D eigenvalue weighted by molar-refractivity contribution is 5.91. The van der Waals surface area contributed by atoms with Gasteiger partial charge in [-0.1, -0.05) is 30.7 Å². The molecule has 1 aliphatic heterocycles. The molecule has 2 nitrogen and oxygen atoms in total. The topological polar surface area (TPSA) is 26.3 Å². The SMILES string of the molecule is CC1=CC=C[C@@]2(C)C[C@@H]3OC(=O)C(C)=C3C[C@@H]12. The van der Waals surface area contributed by atoms with Crippen LogP contribution in [-0.4, -0.2) is 12.1 Å². The van der Waals surface area contributed by atoms with Crippen molar-refractivity contribution in [3.05, 3.63) is 34.9 Å². The number of rotatable bonds is 0. The van der Waals surface area contributed by atoms with E-state index in [1.807, 2.05) is 6.92 Å². The lowest BCUT2D eigenvalue weighted by molar-refractivity contribution is -0.141. The van der Waals surface area contributed by atoms with Crippen LogP contribution in [0.5, 0.6) is 0 Å². The van der Waals surface area contributed by atoms with Crippen molar-refractivity contribution in [2.45, 2.75) is 39.7 Å². The first kappa shape index (κ1) is 10.8. The van der Waals surface area contributed by atoms with E-state index in [1.54, 1.807) is 0 Å². The van der Waals surface area contributed by atoms with E-state index < -0.39 is 0 Å². The summed E-state index contributed by atoms with van der Waals surface area (Å²) in [6.07, 6.45) is 8.55. The Morgan fingerprint density at radius 3 is 2.94 bits per heavy atom. The van der Waals surface area contributed by atoms with Crippen molar-refractivity contribution in [1.29, 1.82) is 0 Å². The smallest absolute Gasteiger partial charge is 0.334 e. The maximum atomic E-state index is 11.6. The fourth-order valence-corrected chi connectivity index (χ4v) is 3.51. The van der Waals surface area contributed by atoms with Crippen LogP contribution in [0.15, 0.2) is 34.9 Å². The Hall–Kier alpha value is -1.31. The third-order valence-electron chi connectivity index (χ3n) is 4.66. The molecule has 0 saturated heterocycles. The average molecular weight is 230 g/mol. The summed E-state index contributed by atoms with van der Waals surface area (Å²) in [6, 6.07) is 0. The van der Waals surface area contributed by atoms with Gasteiger partial charge in [0.2, 0.25) is 0 Å². The fraction of sp³-hybridized carbons (Fsp3) is 0.533. The number of carbonyl (C=O) groups is 1. The van der Waals surface area contributed by atoms with Crippen molar-refractivity contribution in [1.82, 2.24) is 0 Å². The lowest BCUT2D eigenvalue weighted by Crippen LogP contribution is -2.38. The van der Waals surface area contributed by atoms with E-state index in [9.17, 15) is 4.79 Å². The molecule has 2 aliphatic carbocycles. The molecule has 0 N–H and O–H groups in total. The highest BCUT2D eigenvalue weighted by Gasteiger charge is 2.47. The molecule has 0 aromatic carbocycles. The number of fused-ring (bicyclic) bond motifs is 2. The molecule has 0 spiro atoms. The molecule has 0 unspecified atom stereocenters. The first-order valence-corrected chi connectivity index (χ1v) is 6.28. The largest absolute Gasteiger partial charge is 0.454 e. The standard InChI is InChI=1S/C15H18O2/c1-9-5-4-6-15(3)8-13-11(7-12(9)15)10(2)14(16)17-13/h4-6,12-13H,7-8H2,1-3H3/t12-,13-,15-/m0/s1. The Bertz CT molecular complexity index is 481. The molecule has 0 amide bonds. The molecule has 3 atom stereocenters. The Balaban J connectivity index is 2.01. The monoisotopic (exact) mass is 230 g/mol. The molecular weight excluding hydrogens is 212 g/mol. The zero-order valence-corrected chi connectivity index (χ0v) is 10.6. The summed E-state index contributed by atoms with van der Waals surface area (Å²) in [5.41, 5.74) is 3.66. The van der Waals surface area contributed by atoms with Crippen LogP contribution in [0.2, 0.25) is 0 Å². The van der Waals surface area contributed by atoms with Gasteiger partial charge < -0.3 is 4.74 Å². The molecule has 0 aromatic rings. The Morgan fingerprint density at radius 2 is 2.18 bits per heavy atom. The van der Waals surface area contributed by atoms with Crippen LogP contribution in [0.25, 0.3) is 0 Å². The van der Waals surface area contributed by atoms with Crippen molar-refractivity contribution < 1.29 is 9.53 Å². The molecule has 2 heteroatoms. The predicted molar refractivity (Wildman–Crippen MR) is 66.3 cm³/mol. The molecule has 0 aromatic heterocycles. The normalized spacial score (nSPS) is 39.7. The van der Waals surface area contributed by atoms with Gasteiger partial charge in [0.05, 0.1) is 0 Å². The quantitative estimate of drug-likeness (QED) is 0.597. The molecule has 1 saturated carbocycles. The second kappa shape index (κ2) is 3.34. The lowest BCUT2D eigenvalue weighted by atomic mass is 9.61. The number of hydrogen-bond acceptors (Lipinski definition) is 2. The third kappa shape index (κ3) is 1.43. The minimum Gasteiger partial charge on any atom is -0.454 e. The van der Waals surface area contributed by atoms with E-state index in [0.717, 1.165) is 18.4 Å². The van der Waals surface area contributed by atoms with Crippen LogP contribution >= 0.6 is 0 Å². The molecule has 1 fully saturated rings. The van der Waals surface area contributed by atoms with E-state index >= 15 is 0 Å². The highest BCUT2D eigenvalue weighted by Crippen LogP contribution is 2.52. The fourth-order valence-electron chi connectivity index (χ4n) is 3.51. The molecular formula is C15H18O2. The van der Waals surface area contributed by atoms with E-state index in [0.29, 0.717) is 5.92 Å². The minimum atomic E-state index is -0.113. The Labute approximate surface area is 102 Å². The third-order valence-corrected chi connectivity index (χ3v) is 4.66. The van der Waals surface area contributed by atoms with Gasteiger partial charge in [-0.15, -0.1) is 0 Å².